The van der Waals surface area contributed by atoms with Gasteiger partial charge in [0.05, 0.1) is 0 Å². The fraction of sp³-hybridized carbons (Fsp3) is 0.643. The molecular weight excluding hydrogens is 224 g/mol. The maximum absolute atomic E-state index is 4.35. The van der Waals surface area contributed by atoms with Crippen molar-refractivity contribution >= 4 is 5.95 Å². The minimum Gasteiger partial charge on any atom is -0.352 e. The number of aromatic nitrogens is 2. The van der Waals surface area contributed by atoms with E-state index >= 15 is 0 Å². The summed E-state index contributed by atoms with van der Waals surface area (Å²) in [5, 5.41) is 3.28. The van der Waals surface area contributed by atoms with Gasteiger partial charge in [0.1, 0.15) is 0 Å². The first kappa shape index (κ1) is 13.1. The van der Waals surface area contributed by atoms with Crippen LogP contribution in [0.25, 0.3) is 0 Å². The molecule has 0 bridgehead atoms. The van der Waals surface area contributed by atoms with E-state index in [0.717, 1.165) is 19.0 Å². The minimum absolute atomic E-state index is 0.456. The molecule has 1 atom stereocenters. The Morgan fingerprint density at radius 2 is 2.22 bits per heavy atom. The summed E-state index contributed by atoms with van der Waals surface area (Å²) in [6, 6.07) is 0.456. The van der Waals surface area contributed by atoms with Crippen LogP contribution in [0.2, 0.25) is 0 Å². The Balaban J connectivity index is 1.92. The first-order valence-corrected chi connectivity index (χ1v) is 6.91. The van der Waals surface area contributed by atoms with Gasteiger partial charge in [-0.25, -0.2) is 4.98 Å². The van der Waals surface area contributed by atoms with Crippen molar-refractivity contribution in [1.29, 1.82) is 0 Å². The van der Waals surface area contributed by atoms with E-state index in [1.54, 1.807) is 0 Å². The van der Waals surface area contributed by atoms with Gasteiger partial charge in [0.15, 0.2) is 0 Å². The summed E-state index contributed by atoms with van der Waals surface area (Å²) in [5.74, 6) is 0.944. The molecule has 1 saturated heterocycles. The maximum Gasteiger partial charge on any atom is 0.203 e. The number of hydrogen-bond donors (Lipinski definition) is 1. The lowest BCUT2D eigenvalue weighted by molar-refractivity contribution is 0.202. The van der Waals surface area contributed by atoms with Gasteiger partial charge in [0.2, 0.25) is 5.95 Å². The van der Waals surface area contributed by atoms with E-state index in [9.17, 15) is 0 Å². The lowest BCUT2D eigenvalue weighted by Crippen LogP contribution is -2.34. The van der Waals surface area contributed by atoms with E-state index in [-0.39, 0.29) is 0 Å². The summed E-state index contributed by atoms with van der Waals surface area (Å²) in [6.45, 7) is 10.3. The second kappa shape index (κ2) is 6.59. The van der Waals surface area contributed by atoms with Gasteiger partial charge in [0.25, 0.3) is 0 Å². The fourth-order valence-corrected chi connectivity index (χ4v) is 2.57. The summed E-state index contributed by atoms with van der Waals surface area (Å²) in [5.41, 5.74) is 0. The number of likely N-dealkylation sites (tertiary alicyclic amines) is 1. The second-order valence-electron chi connectivity index (χ2n) is 5.04. The van der Waals surface area contributed by atoms with Gasteiger partial charge in [-0.1, -0.05) is 12.5 Å². The summed E-state index contributed by atoms with van der Waals surface area (Å²) in [7, 11) is 0. The van der Waals surface area contributed by atoms with Crippen molar-refractivity contribution in [2.45, 2.75) is 32.2 Å². The van der Waals surface area contributed by atoms with Crippen LogP contribution in [0, 0.1) is 0 Å². The molecular formula is C14H24N4. The van der Waals surface area contributed by atoms with E-state index < -0.39 is 0 Å². The lowest BCUT2D eigenvalue weighted by atomic mass is 10.1. The Hall–Kier alpha value is -1.29. The zero-order chi connectivity index (χ0) is 12.8. The highest BCUT2D eigenvalue weighted by molar-refractivity contribution is 5.27. The molecule has 0 spiro atoms. The zero-order valence-electron chi connectivity index (χ0n) is 11.3. The highest BCUT2D eigenvalue weighted by Gasteiger charge is 2.16. The molecule has 2 rings (SSSR count). The Morgan fingerprint density at radius 3 is 2.94 bits per heavy atom. The van der Waals surface area contributed by atoms with Crippen LogP contribution in [-0.4, -0.2) is 40.6 Å². The monoisotopic (exact) mass is 248 g/mol. The normalized spacial score (nSPS) is 18.5. The third-order valence-electron chi connectivity index (χ3n) is 3.52. The molecule has 18 heavy (non-hydrogen) atoms. The van der Waals surface area contributed by atoms with E-state index in [1.165, 1.54) is 32.4 Å². The number of anilines is 1. The molecule has 1 unspecified atom stereocenters. The Kier molecular flexibility index (Phi) is 4.81. The summed E-state index contributed by atoms with van der Waals surface area (Å²) in [4.78, 5) is 6.91. The summed E-state index contributed by atoms with van der Waals surface area (Å²) in [6.07, 6.45) is 9.85. The highest BCUT2D eigenvalue weighted by Crippen LogP contribution is 2.17. The van der Waals surface area contributed by atoms with E-state index in [4.69, 9.17) is 0 Å². The highest BCUT2D eigenvalue weighted by atomic mass is 15.2. The van der Waals surface area contributed by atoms with Crippen LogP contribution in [-0.2, 0) is 0 Å². The van der Waals surface area contributed by atoms with Crippen molar-refractivity contribution in [2.24, 2.45) is 0 Å². The summed E-state index contributed by atoms with van der Waals surface area (Å²) >= 11 is 0. The number of piperidine rings is 1. The van der Waals surface area contributed by atoms with Crippen LogP contribution >= 0.6 is 0 Å². The van der Waals surface area contributed by atoms with Crippen LogP contribution in [0.15, 0.2) is 25.0 Å². The van der Waals surface area contributed by atoms with Crippen LogP contribution in [0.4, 0.5) is 5.95 Å². The minimum atomic E-state index is 0.456. The Labute approximate surface area is 110 Å². The molecule has 1 aromatic heterocycles. The molecule has 2 heterocycles. The number of nitrogens with zero attached hydrogens (tertiary/aromatic N) is 3. The number of hydrogen-bond acceptors (Lipinski definition) is 3. The van der Waals surface area contributed by atoms with Gasteiger partial charge in [-0.15, -0.1) is 6.58 Å². The largest absolute Gasteiger partial charge is 0.352 e. The standard InChI is InChI=1S/C14H24N4/c1-3-7-15-14-16-8-11-18(14)13(2)12-17-9-5-4-6-10-17/h3,8,11,13H,1,4-7,9-10,12H2,2H3,(H,15,16). The molecule has 0 aromatic carbocycles. The predicted octanol–water partition coefficient (Wildman–Crippen LogP) is 2.53. The molecule has 4 nitrogen and oxygen atoms in total. The molecule has 0 saturated carbocycles. The average molecular weight is 248 g/mol. The SMILES string of the molecule is C=CCNc1nccn1C(C)CN1CCCCC1. The number of rotatable bonds is 6. The van der Waals surface area contributed by atoms with Gasteiger partial charge >= 0.3 is 0 Å². The predicted molar refractivity (Wildman–Crippen MR) is 75.9 cm³/mol. The van der Waals surface area contributed by atoms with Crippen molar-refractivity contribution < 1.29 is 0 Å². The van der Waals surface area contributed by atoms with Crippen LogP contribution in [0.5, 0.6) is 0 Å². The van der Waals surface area contributed by atoms with Crippen molar-refractivity contribution in [3.63, 3.8) is 0 Å². The van der Waals surface area contributed by atoms with Gasteiger partial charge < -0.3 is 14.8 Å². The topological polar surface area (TPSA) is 33.1 Å². The van der Waals surface area contributed by atoms with Gasteiger partial charge in [-0.05, 0) is 32.9 Å². The molecule has 1 fully saturated rings. The molecule has 1 aliphatic heterocycles. The van der Waals surface area contributed by atoms with Crippen molar-refractivity contribution in [3.05, 3.63) is 25.0 Å². The Bertz CT molecular complexity index is 366. The smallest absolute Gasteiger partial charge is 0.203 e. The van der Waals surface area contributed by atoms with Gasteiger partial charge in [0, 0.05) is 31.5 Å². The quantitative estimate of drug-likeness (QED) is 0.785. The summed E-state index contributed by atoms with van der Waals surface area (Å²) < 4.78 is 2.22. The van der Waals surface area contributed by atoms with Crippen molar-refractivity contribution in [3.8, 4) is 0 Å². The van der Waals surface area contributed by atoms with Gasteiger partial charge in [-0.2, -0.15) is 0 Å². The average Bonchev–Trinajstić information content (AvgIpc) is 2.86. The molecule has 4 heteroatoms. The fourth-order valence-electron chi connectivity index (χ4n) is 2.57. The number of imidazole rings is 1. The van der Waals surface area contributed by atoms with Crippen molar-refractivity contribution in [1.82, 2.24) is 14.5 Å². The first-order valence-electron chi connectivity index (χ1n) is 6.91. The third kappa shape index (κ3) is 3.35. The van der Waals surface area contributed by atoms with E-state index in [1.807, 2.05) is 12.3 Å². The molecule has 1 aromatic rings. The zero-order valence-corrected chi connectivity index (χ0v) is 11.3. The number of nitrogens with one attached hydrogen (secondary N) is 1. The molecule has 0 radical (unpaired) electrons. The maximum atomic E-state index is 4.35. The molecule has 1 aliphatic rings. The molecule has 0 amide bonds. The lowest BCUT2D eigenvalue weighted by Gasteiger charge is -2.30. The second-order valence-corrected chi connectivity index (χ2v) is 5.04. The van der Waals surface area contributed by atoms with Gasteiger partial charge in [-0.3, -0.25) is 0 Å². The first-order chi connectivity index (χ1) is 8.81. The van der Waals surface area contributed by atoms with Crippen LogP contribution in [0.3, 0.4) is 0 Å². The van der Waals surface area contributed by atoms with Crippen LogP contribution in [0.1, 0.15) is 32.2 Å². The molecule has 100 valence electrons. The van der Waals surface area contributed by atoms with E-state index in [0.29, 0.717) is 6.04 Å². The third-order valence-corrected chi connectivity index (χ3v) is 3.52. The van der Waals surface area contributed by atoms with Crippen LogP contribution < -0.4 is 5.32 Å². The Morgan fingerprint density at radius 1 is 1.44 bits per heavy atom. The van der Waals surface area contributed by atoms with E-state index in [2.05, 4.69) is 39.5 Å². The molecule has 1 N–H and O–H groups in total. The van der Waals surface area contributed by atoms with Crippen molar-refractivity contribution in [2.75, 3.05) is 31.5 Å². The molecule has 0 aliphatic carbocycles.